The molecule has 0 unspecified atom stereocenters. The molecule has 4 atom stereocenters. The topological polar surface area (TPSA) is 102 Å². The molecule has 262 valence electrons. The van der Waals surface area contributed by atoms with Crippen molar-refractivity contribution in [1.82, 2.24) is 20.6 Å². The number of amides is 1. The summed E-state index contributed by atoms with van der Waals surface area (Å²) in [5, 5.41) is 7.67. The van der Waals surface area contributed by atoms with Gasteiger partial charge in [-0.1, -0.05) is 72.6 Å². The maximum Gasteiger partial charge on any atom is 0.220 e. The predicted octanol–water partition coefficient (Wildman–Crippen LogP) is 8.98. The summed E-state index contributed by atoms with van der Waals surface area (Å²) < 4.78 is 11.5. The number of ether oxygens (including phenoxy) is 2. The van der Waals surface area contributed by atoms with Crippen molar-refractivity contribution in [2.24, 2.45) is 5.92 Å². The minimum absolute atomic E-state index is 0.00349. The van der Waals surface area contributed by atoms with Crippen LogP contribution in [0.15, 0.2) is 60.7 Å². The van der Waals surface area contributed by atoms with Gasteiger partial charge in [-0.25, -0.2) is 9.97 Å². The smallest absolute Gasteiger partial charge is 0.220 e. The molecule has 1 aliphatic heterocycles. The van der Waals surface area contributed by atoms with E-state index in [1.807, 2.05) is 54.6 Å². The first-order valence-corrected chi connectivity index (χ1v) is 18.1. The number of benzene rings is 2. The van der Waals surface area contributed by atoms with Gasteiger partial charge in [-0.15, -0.1) is 0 Å². The summed E-state index contributed by atoms with van der Waals surface area (Å²) in [6.07, 6.45) is 5.59. The van der Waals surface area contributed by atoms with E-state index in [0.29, 0.717) is 64.2 Å². The SMILES string of the molecule is COc1nc(-c2cccc(-c3cccc(-c4ccc([C@H](C)NC[C@@H]5CCC(=O)C5)c(OC)n4)c3Cl)c2Cl)ccc1[C@H](C)CC[C@@H]1CCC(=O)N1. The van der Waals surface area contributed by atoms with Gasteiger partial charge >= 0.3 is 0 Å². The Morgan fingerprint density at radius 2 is 1.38 bits per heavy atom. The zero-order chi connectivity index (χ0) is 35.4. The van der Waals surface area contributed by atoms with Crippen LogP contribution in [0.1, 0.15) is 81.9 Å². The van der Waals surface area contributed by atoms with Crippen LogP contribution in [0.5, 0.6) is 11.8 Å². The standard InChI is InChI=1S/C40H44Cl2N4O4/c1-23(11-13-26-14-20-36(48)44-26)28-16-18-34(45-39(28)49-3)32-9-5-7-30(37(32)41)31-8-6-10-33(38(31)42)35-19-17-29(40(46-35)50-4)24(2)43-22-25-12-15-27(47)21-25/h5-10,16-19,23-26,43H,11-15,20-22H2,1-4H3,(H,44,48)/t23-,24+,25-,26-/m1/s1. The molecule has 0 radical (unpaired) electrons. The van der Waals surface area contributed by atoms with Gasteiger partial charge in [-0.3, -0.25) is 9.59 Å². The molecule has 4 aromatic rings. The minimum atomic E-state index is -0.00349. The zero-order valence-electron chi connectivity index (χ0n) is 29.0. The van der Waals surface area contributed by atoms with Crippen LogP contribution in [-0.4, -0.2) is 48.5 Å². The van der Waals surface area contributed by atoms with E-state index in [-0.39, 0.29) is 23.9 Å². The van der Waals surface area contributed by atoms with Crippen molar-refractivity contribution >= 4 is 34.9 Å². The number of nitrogens with zero attached hydrogens (tertiary/aromatic N) is 2. The molecule has 0 spiro atoms. The lowest BCUT2D eigenvalue weighted by Crippen LogP contribution is -2.25. The Morgan fingerprint density at radius 3 is 1.92 bits per heavy atom. The van der Waals surface area contributed by atoms with Gasteiger partial charge in [0.1, 0.15) is 5.78 Å². The summed E-state index contributed by atoms with van der Waals surface area (Å²) >= 11 is 14.3. The number of ketones is 1. The Bertz CT molecular complexity index is 1750. The molecule has 1 saturated carbocycles. The molecule has 10 heteroatoms. The number of hydrogen-bond acceptors (Lipinski definition) is 7. The molecule has 50 heavy (non-hydrogen) atoms. The van der Waals surface area contributed by atoms with Gasteiger partial charge in [0, 0.05) is 64.7 Å². The summed E-state index contributed by atoms with van der Waals surface area (Å²) in [7, 11) is 3.25. The molecule has 2 N–H and O–H groups in total. The first-order chi connectivity index (χ1) is 24.2. The highest BCUT2D eigenvalue weighted by Crippen LogP contribution is 2.43. The average molecular weight is 716 g/mol. The maximum atomic E-state index is 11.7. The summed E-state index contributed by atoms with van der Waals surface area (Å²) in [5.74, 6) is 2.15. The van der Waals surface area contributed by atoms with E-state index >= 15 is 0 Å². The quantitative estimate of drug-likeness (QED) is 0.143. The predicted molar refractivity (Wildman–Crippen MR) is 199 cm³/mol. The number of aromatic nitrogens is 2. The molecule has 1 saturated heterocycles. The summed E-state index contributed by atoms with van der Waals surface area (Å²) in [5.41, 5.74) is 6.43. The fraction of sp³-hybridized carbons (Fsp3) is 0.400. The third-order valence-corrected chi connectivity index (χ3v) is 10.9. The van der Waals surface area contributed by atoms with E-state index in [9.17, 15) is 9.59 Å². The third kappa shape index (κ3) is 7.83. The van der Waals surface area contributed by atoms with E-state index in [1.54, 1.807) is 14.2 Å². The van der Waals surface area contributed by atoms with E-state index in [4.69, 9.17) is 42.6 Å². The first kappa shape index (κ1) is 35.8. The molecule has 2 aromatic heterocycles. The van der Waals surface area contributed by atoms with Gasteiger partial charge in [-0.2, -0.15) is 0 Å². The lowest BCUT2D eigenvalue weighted by Gasteiger charge is -2.20. The van der Waals surface area contributed by atoms with Crippen LogP contribution in [0.25, 0.3) is 33.6 Å². The van der Waals surface area contributed by atoms with Crippen LogP contribution in [0.2, 0.25) is 10.0 Å². The second-order valence-electron chi connectivity index (χ2n) is 13.5. The van der Waals surface area contributed by atoms with E-state index in [0.717, 1.165) is 65.6 Å². The van der Waals surface area contributed by atoms with Gasteiger partial charge in [0.25, 0.3) is 0 Å². The van der Waals surface area contributed by atoms with Crippen molar-refractivity contribution in [1.29, 1.82) is 0 Å². The van der Waals surface area contributed by atoms with Gasteiger partial charge in [-0.05, 0) is 69.2 Å². The molecule has 3 heterocycles. The Balaban J connectivity index is 1.23. The number of carbonyl (C=O) groups excluding carboxylic acids is 2. The molecule has 1 aliphatic carbocycles. The number of nitrogens with one attached hydrogen (secondary N) is 2. The molecule has 8 nitrogen and oxygen atoms in total. The largest absolute Gasteiger partial charge is 0.481 e. The van der Waals surface area contributed by atoms with Crippen LogP contribution in [0, 0.1) is 5.92 Å². The number of rotatable bonds is 13. The monoisotopic (exact) mass is 714 g/mol. The third-order valence-electron chi connectivity index (χ3n) is 10.1. The molecule has 0 bridgehead atoms. The van der Waals surface area contributed by atoms with Crippen molar-refractivity contribution < 1.29 is 19.1 Å². The minimum Gasteiger partial charge on any atom is -0.481 e. The number of carbonyl (C=O) groups is 2. The fourth-order valence-corrected chi connectivity index (χ4v) is 7.78. The average Bonchev–Trinajstić information content (AvgIpc) is 3.76. The number of Topliss-reactive ketones (excluding diaryl/α,β-unsaturated/α-hetero) is 1. The lowest BCUT2D eigenvalue weighted by molar-refractivity contribution is -0.119. The molecule has 2 fully saturated rings. The van der Waals surface area contributed by atoms with Gasteiger partial charge in [0.15, 0.2) is 0 Å². The number of methoxy groups -OCH3 is 2. The first-order valence-electron chi connectivity index (χ1n) is 17.4. The fourth-order valence-electron chi connectivity index (χ4n) is 7.13. The van der Waals surface area contributed by atoms with Crippen molar-refractivity contribution in [3.05, 3.63) is 81.8 Å². The van der Waals surface area contributed by atoms with Crippen molar-refractivity contribution in [3.63, 3.8) is 0 Å². The summed E-state index contributed by atoms with van der Waals surface area (Å²) in [6, 6.07) is 19.9. The number of hydrogen-bond donors (Lipinski definition) is 2. The van der Waals surface area contributed by atoms with Crippen LogP contribution in [0.4, 0.5) is 0 Å². The second kappa shape index (κ2) is 15.9. The molecule has 2 aliphatic rings. The Labute approximate surface area is 304 Å². The molecule has 6 rings (SSSR count). The molecule has 2 aromatic carbocycles. The number of pyridine rings is 2. The molecule has 1 amide bonds. The zero-order valence-corrected chi connectivity index (χ0v) is 30.5. The highest BCUT2D eigenvalue weighted by atomic mass is 35.5. The summed E-state index contributed by atoms with van der Waals surface area (Å²) in [4.78, 5) is 33.1. The van der Waals surface area contributed by atoms with Crippen LogP contribution >= 0.6 is 23.2 Å². The van der Waals surface area contributed by atoms with Gasteiger partial charge < -0.3 is 20.1 Å². The van der Waals surface area contributed by atoms with Crippen LogP contribution in [-0.2, 0) is 9.59 Å². The highest BCUT2D eigenvalue weighted by Gasteiger charge is 2.25. The van der Waals surface area contributed by atoms with Crippen LogP contribution in [0.3, 0.4) is 0 Å². The Morgan fingerprint density at radius 1 is 0.800 bits per heavy atom. The summed E-state index contributed by atoms with van der Waals surface area (Å²) in [6.45, 7) is 5.02. The Kier molecular flexibility index (Phi) is 11.4. The van der Waals surface area contributed by atoms with Crippen molar-refractivity contribution in [2.45, 2.75) is 76.8 Å². The lowest BCUT2D eigenvalue weighted by atomic mass is 9.93. The number of halogens is 2. The van der Waals surface area contributed by atoms with Crippen molar-refractivity contribution in [3.8, 4) is 45.4 Å². The van der Waals surface area contributed by atoms with Crippen LogP contribution < -0.4 is 20.1 Å². The highest BCUT2D eigenvalue weighted by molar-refractivity contribution is 6.39. The van der Waals surface area contributed by atoms with E-state index in [2.05, 4.69) is 30.5 Å². The maximum absolute atomic E-state index is 11.7. The van der Waals surface area contributed by atoms with E-state index < -0.39 is 0 Å². The molecular weight excluding hydrogens is 671 g/mol. The Hall–Kier alpha value is -3.98. The second-order valence-corrected chi connectivity index (χ2v) is 14.2. The van der Waals surface area contributed by atoms with Crippen molar-refractivity contribution in [2.75, 3.05) is 20.8 Å². The molecular formula is C40H44Cl2N4O4. The van der Waals surface area contributed by atoms with Gasteiger partial charge in [0.2, 0.25) is 17.7 Å². The van der Waals surface area contributed by atoms with E-state index in [1.165, 1.54) is 0 Å². The normalized spacial score (nSPS) is 18.6. The van der Waals surface area contributed by atoms with Gasteiger partial charge in [0.05, 0.1) is 35.7 Å².